The summed E-state index contributed by atoms with van der Waals surface area (Å²) in [4.78, 5) is 0. The number of nitrogen functional groups attached to an aromatic ring is 1. The van der Waals surface area contributed by atoms with Crippen LogP contribution in [-0.4, -0.2) is 0 Å². The van der Waals surface area contributed by atoms with Crippen LogP contribution in [0.25, 0.3) is 0 Å². The molecule has 0 aliphatic heterocycles. The molecule has 0 spiro atoms. The minimum atomic E-state index is -0.551. The summed E-state index contributed by atoms with van der Waals surface area (Å²) in [5.74, 6) is -0.551. The second-order valence-corrected chi connectivity index (χ2v) is 2.32. The van der Waals surface area contributed by atoms with Crippen molar-refractivity contribution in [2.24, 2.45) is 0 Å². The van der Waals surface area contributed by atoms with Crippen LogP contribution in [0.4, 0.5) is 10.1 Å². The molecule has 11 heavy (non-hydrogen) atoms. The lowest BCUT2D eigenvalue weighted by atomic mass is 10.1. The number of aryl methyl sites for hydroxylation is 1. The summed E-state index contributed by atoms with van der Waals surface area (Å²) in [6.07, 6.45) is 0. The minimum absolute atomic E-state index is 0.0735. The van der Waals surface area contributed by atoms with E-state index in [2.05, 4.69) is 0 Å². The summed E-state index contributed by atoms with van der Waals surface area (Å²) in [5.41, 5.74) is 6.22. The maximum Gasteiger partial charge on any atom is 0.143 e. The molecule has 2 nitrogen and oxygen atoms in total. The summed E-state index contributed by atoms with van der Waals surface area (Å²) in [6.45, 7) is 1.72. The van der Waals surface area contributed by atoms with E-state index in [0.717, 1.165) is 5.56 Å². The number of nitrogens with two attached hydrogens (primary N) is 1. The lowest BCUT2D eigenvalue weighted by molar-refractivity contribution is 0.623. The number of rotatable bonds is 0. The predicted molar refractivity (Wildman–Crippen MR) is 40.3 cm³/mol. The Balaban J connectivity index is 3.40. The lowest BCUT2D eigenvalue weighted by Crippen LogP contribution is -1.94. The maximum absolute atomic E-state index is 12.8. The van der Waals surface area contributed by atoms with Crippen LogP contribution in [0.1, 0.15) is 11.1 Å². The normalized spacial score (nSPS) is 9.18. The number of benzene rings is 1. The van der Waals surface area contributed by atoms with Gasteiger partial charge in [-0.3, -0.25) is 0 Å². The van der Waals surface area contributed by atoms with Crippen LogP contribution >= 0.6 is 0 Å². The standard InChI is InChI=1S/C8H7FN2/c1-5-2-7(9)6(4-10)8(11)3-5/h2-3H,11H2,1H3. The molecule has 2 N–H and O–H groups in total. The average Bonchev–Trinajstić information content (AvgIpc) is 1.85. The molecule has 3 heteroatoms. The van der Waals surface area contributed by atoms with Gasteiger partial charge in [0, 0.05) is 0 Å². The first-order valence-electron chi connectivity index (χ1n) is 3.11. The molecule has 0 atom stereocenters. The van der Waals surface area contributed by atoms with Crippen LogP contribution in [0.2, 0.25) is 0 Å². The smallest absolute Gasteiger partial charge is 0.143 e. The van der Waals surface area contributed by atoms with E-state index >= 15 is 0 Å². The number of nitriles is 1. The number of halogens is 1. The van der Waals surface area contributed by atoms with Crippen molar-refractivity contribution in [2.45, 2.75) is 6.92 Å². The molecule has 0 aliphatic rings. The van der Waals surface area contributed by atoms with Gasteiger partial charge in [0.2, 0.25) is 0 Å². The van der Waals surface area contributed by atoms with Crippen LogP contribution in [-0.2, 0) is 0 Å². The van der Waals surface area contributed by atoms with Gasteiger partial charge >= 0.3 is 0 Å². The van der Waals surface area contributed by atoms with Crippen molar-refractivity contribution in [1.29, 1.82) is 5.26 Å². The van der Waals surface area contributed by atoms with Crippen LogP contribution in [0.15, 0.2) is 12.1 Å². The Morgan fingerprint density at radius 1 is 1.55 bits per heavy atom. The third-order valence-electron chi connectivity index (χ3n) is 1.38. The zero-order chi connectivity index (χ0) is 8.43. The monoisotopic (exact) mass is 150 g/mol. The molecule has 56 valence electrons. The van der Waals surface area contributed by atoms with Crippen molar-refractivity contribution in [2.75, 3.05) is 5.73 Å². The topological polar surface area (TPSA) is 49.8 Å². The first kappa shape index (κ1) is 7.55. The summed E-state index contributed by atoms with van der Waals surface area (Å²) >= 11 is 0. The Labute approximate surface area is 64.1 Å². The Hall–Kier alpha value is -1.56. The molecule has 0 saturated heterocycles. The fraction of sp³-hybridized carbons (Fsp3) is 0.125. The van der Waals surface area contributed by atoms with E-state index in [-0.39, 0.29) is 11.3 Å². The van der Waals surface area contributed by atoms with Gasteiger partial charge in [-0.15, -0.1) is 0 Å². The fourth-order valence-electron chi connectivity index (χ4n) is 0.887. The summed E-state index contributed by atoms with van der Waals surface area (Å²) in [5, 5.41) is 8.42. The van der Waals surface area contributed by atoms with Crippen molar-refractivity contribution >= 4 is 5.69 Å². The highest BCUT2D eigenvalue weighted by Gasteiger charge is 2.05. The molecule has 0 saturated carbocycles. The fourth-order valence-corrected chi connectivity index (χ4v) is 0.887. The molecule has 0 unspecified atom stereocenters. The molecule has 0 aliphatic carbocycles. The highest BCUT2D eigenvalue weighted by Crippen LogP contribution is 2.16. The Morgan fingerprint density at radius 2 is 2.18 bits per heavy atom. The van der Waals surface area contributed by atoms with E-state index in [1.54, 1.807) is 19.1 Å². The first-order valence-corrected chi connectivity index (χ1v) is 3.11. The van der Waals surface area contributed by atoms with Crippen molar-refractivity contribution < 1.29 is 4.39 Å². The van der Waals surface area contributed by atoms with E-state index in [0.29, 0.717) is 0 Å². The van der Waals surface area contributed by atoms with Gasteiger partial charge in [0.15, 0.2) is 0 Å². The minimum Gasteiger partial charge on any atom is -0.398 e. The predicted octanol–water partition coefficient (Wildman–Crippen LogP) is 1.59. The van der Waals surface area contributed by atoms with E-state index in [4.69, 9.17) is 11.0 Å². The van der Waals surface area contributed by atoms with Gasteiger partial charge in [-0.1, -0.05) is 0 Å². The van der Waals surface area contributed by atoms with Crippen molar-refractivity contribution in [3.8, 4) is 6.07 Å². The number of hydrogen-bond donors (Lipinski definition) is 1. The Bertz CT molecular complexity index is 302. The lowest BCUT2D eigenvalue weighted by Gasteiger charge is -1.99. The summed E-state index contributed by atoms with van der Waals surface area (Å²) in [6, 6.07) is 4.55. The van der Waals surface area contributed by atoms with Crippen molar-refractivity contribution in [3.05, 3.63) is 29.1 Å². The van der Waals surface area contributed by atoms with Crippen molar-refractivity contribution in [1.82, 2.24) is 0 Å². The second kappa shape index (κ2) is 2.59. The summed E-state index contributed by atoms with van der Waals surface area (Å²) < 4.78 is 12.8. The van der Waals surface area contributed by atoms with Gasteiger partial charge < -0.3 is 5.73 Å². The van der Waals surface area contributed by atoms with Crippen LogP contribution in [0.5, 0.6) is 0 Å². The molecular weight excluding hydrogens is 143 g/mol. The Kier molecular flexibility index (Phi) is 1.77. The molecule has 0 bridgehead atoms. The highest BCUT2D eigenvalue weighted by molar-refractivity contribution is 5.55. The van der Waals surface area contributed by atoms with E-state index in [9.17, 15) is 4.39 Å². The summed E-state index contributed by atoms with van der Waals surface area (Å²) in [7, 11) is 0. The van der Waals surface area contributed by atoms with Crippen LogP contribution < -0.4 is 5.73 Å². The number of hydrogen-bond acceptors (Lipinski definition) is 2. The zero-order valence-corrected chi connectivity index (χ0v) is 6.06. The number of anilines is 1. The quantitative estimate of drug-likeness (QED) is 0.571. The van der Waals surface area contributed by atoms with Gasteiger partial charge in [-0.2, -0.15) is 5.26 Å². The molecule has 1 aromatic carbocycles. The SMILES string of the molecule is Cc1cc(N)c(C#N)c(F)c1. The molecule has 0 fully saturated rings. The second-order valence-electron chi connectivity index (χ2n) is 2.32. The number of nitrogens with zero attached hydrogens (tertiary/aromatic N) is 1. The Morgan fingerprint density at radius 3 is 2.64 bits per heavy atom. The third kappa shape index (κ3) is 1.30. The zero-order valence-electron chi connectivity index (χ0n) is 6.06. The molecule has 1 rings (SSSR count). The van der Waals surface area contributed by atoms with Gasteiger partial charge in [-0.05, 0) is 24.6 Å². The van der Waals surface area contributed by atoms with Gasteiger partial charge in [0.05, 0.1) is 5.69 Å². The van der Waals surface area contributed by atoms with Crippen LogP contribution in [0.3, 0.4) is 0 Å². The van der Waals surface area contributed by atoms with Crippen LogP contribution in [0, 0.1) is 24.1 Å². The maximum atomic E-state index is 12.8. The van der Waals surface area contributed by atoms with E-state index < -0.39 is 5.82 Å². The molecule has 0 amide bonds. The average molecular weight is 150 g/mol. The van der Waals surface area contributed by atoms with Gasteiger partial charge in [0.25, 0.3) is 0 Å². The highest BCUT2D eigenvalue weighted by atomic mass is 19.1. The van der Waals surface area contributed by atoms with Crippen molar-refractivity contribution in [3.63, 3.8) is 0 Å². The molecule has 1 aromatic rings. The molecule has 0 radical (unpaired) electrons. The van der Waals surface area contributed by atoms with Gasteiger partial charge in [0.1, 0.15) is 17.4 Å². The molecule has 0 heterocycles. The van der Waals surface area contributed by atoms with E-state index in [1.807, 2.05) is 0 Å². The van der Waals surface area contributed by atoms with E-state index in [1.165, 1.54) is 6.07 Å². The third-order valence-corrected chi connectivity index (χ3v) is 1.38. The first-order chi connectivity index (χ1) is 5.15. The largest absolute Gasteiger partial charge is 0.398 e. The molecular formula is C8H7FN2. The molecule has 0 aromatic heterocycles. The van der Waals surface area contributed by atoms with Gasteiger partial charge in [-0.25, -0.2) is 4.39 Å².